The van der Waals surface area contributed by atoms with Crippen molar-refractivity contribution in [3.05, 3.63) is 46.5 Å². The van der Waals surface area contributed by atoms with Crippen LogP contribution in [0.4, 0.5) is 4.39 Å². The predicted octanol–water partition coefficient (Wildman–Crippen LogP) is 1.49. The summed E-state index contributed by atoms with van der Waals surface area (Å²) in [6.07, 6.45) is 1.38. The van der Waals surface area contributed by atoms with E-state index in [0.29, 0.717) is 17.5 Å². The van der Waals surface area contributed by atoms with E-state index in [1.54, 1.807) is 12.1 Å². The van der Waals surface area contributed by atoms with Crippen molar-refractivity contribution in [1.29, 1.82) is 0 Å². The Bertz CT molecular complexity index is 473. The third-order valence-corrected chi connectivity index (χ3v) is 2.77. The monoisotopic (exact) mass is 266 g/mol. The molecular formula is C14H19FN2O2. The van der Waals surface area contributed by atoms with Crippen LogP contribution in [0.1, 0.15) is 18.1 Å². The average molecular weight is 266 g/mol. The Hall–Kier alpha value is -1.88. The van der Waals surface area contributed by atoms with E-state index in [1.807, 2.05) is 6.92 Å². The minimum atomic E-state index is -0.286. The van der Waals surface area contributed by atoms with Crippen LogP contribution in [0.2, 0.25) is 0 Å². The molecule has 0 amide bonds. The second-order valence-electron chi connectivity index (χ2n) is 4.12. The third-order valence-electron chi connectivity index (χ3n) is 2.77. The number of ether oxygens (including phenoxy) is 1. The molecule has 0 heterocycles. The zero-order chi connectivity index (χ0) is 14.3. The predicted molar refractivity (Wildman–Crippen MR) is 71.8 cm³/mol. The zero-order valence-corrected chi connectivity index (χ0v) is 11.2. The highest BCUT2D eigenvalue weighted by molar-refractivity contribution is 5.72. The lowest BCUT2D eigenvalue weighted by molar-refractivity contribution is -0.105. The summed E-state index contributed by atoms with van der Waals surface area (Å²) in [5.41, 5.74) is 7.65. The molecule has 19 heavy (non-hydrogen) atoms. The standard InChI is InChI=1S/C14H19FN2O2/c1-3-10-4-5-12(15)11(6-10)7-17-14(9-19-2)13(16)8-18/h4-6,8,17H,3,7,9,16H2,1-2H3/b14-13-. The van der Waals surface area contributed by atoms with Gasteiger partial charge in [0.15, 0.2) is 6.29 Å². The summed E-state index contributed by atoms with van der Waals surface area (Å²) in [7, 11) is 1.50. The quantitative estimate of drug-likeness (QED) is 0.580. The summed E-state index contributed by atoms with van der Waals surface area (Å²) < 4.78 is 18.6. The zero-order valence-electron chi connectivity index (χ0n) is 11.2. The van der Waals surface area contributed by atoms with Crippen molar-refractivity contribution in [3.8, 4) is 0 Å². The Labute approximate surface area is 112 Å². The molecule has 0 unspecified atom stereocenters. The van der Waals surface area contributed by atoms with Crippen LogP contribution in [-0.4, -0.2) is 20.0 Å². The number of allylic oxidation sites excluding steroid dienone is 1. The highest BCUT2D eigenvalue weighted by atomic mass is 19.1. The lowest BCUT2D eigenvalue weighted by atomic mass is 10.1. The second kappa shape index (κ2) is 7.53. The molecule has 0 bridgehead atoms. The molecule has 0 aliphatic carbocycles. The number of halogens is 1. The normalized spacial score (nSPS) is 11.9. The van der Waals surface area contributed by atoms with Crippen molar-refractivity contribution in [2.24, 2.45) is 5.73 Å². The molecular weight excluding hydrogens is 247 g/mol. The molecule has 1 rings (SSSR count). The van der Waals surface area contributed by atoms with Crippen LogP contribution < -0.4 is 11.1 Å². The fraction of sp³-hybridized carbons (Fsp3) is 0.357. The van der Waals surface area contributed by atoms with Gasteiger partial charge in [-0.1, -0.05) is 19.1 Å². The molecule has 4 nitrogen and oxygen atoms in total. The van der Waals surface area contributed by atoms with E-state index in [-0.39, 0.29) is 24.7 Å². The lowest BCUT2D eigenvalue weighted by Crippen LogP contribution is -2.22. The number of carbonyl (C=O) groups excluding carboxylic acids is 1. The van der Waals surface area contributed by atoms with Gasteiger partial charge < -0.3 is 15.8 Å². The molecule has 0 fully saturated rings. The number of benzene rings is 1. The van der Waals surface area contributed by atoms with E-state index in [0.717, 1.165) is 12.0 Å². The molecule has 1 aromatic rings. The molecule has 0 atom stereocenters. The van der Waals surface area contributed by atoms with Gasteiger partial charge in [-0.3, -0.25) is 4.79 Å². The Morgan fingerprint density at radius 1 is 1.53 bits per heavy atom. The fourth-order valence-corrected chi connectivity index (χ4v) is 1.64. The number of methoxy groups -OCH3 is 1. The number of nitrogens with one attached hydrogen (secondary N) is 1. The number of hydrogen-bond donors (Lipinski definition) is 2. The molecule has 104 valence electrons. The molecule has 0 saturated carbocycles. The first-order chi connectivity index (χ1) is 9.12. The van der Waals surface area contributed by atoms with Crippen LogP contribution in [0, 0.1) is 5.82 Å². The number of hydrogen-bond acceptors (Lipinski definition) is 4. The van der Waals surface area contributed by atoms with Gasteiger partial charge in [-0.2, -0.15) is 0 Å². The van der Waals surface area contributed by atoms with Crippen LogP contribution >= 0.6 is 0 Å². The smallest absolute Gasteiger partial charge is 0.167 e. The topological polar surface area (TPSA) is 64.3 Å². The fourth-order valence-electron chi connectivity index (χ4n) is 1.64. The first-order valence-electron chi connectivity index (χ1n) is 6.06. The highest BCUT2D eigenvalue weighted by Gasteiger charge is 2.06. The van der Waals surface area contributed by atoms with Crippen molar-refractivity contribution in [1.82, 2.24) is 5.32 Å². The van der Waals surface area contributed by atoms with Gasteiger partial charge in [-0.25, -0.2) is 4.39 Å². The minimum Gasteiger partial charge on any atom is -0.395 e. The number of rotatable bonds is 7. The molecule has 0 aliphatic rings. The van der Waals surface area contributed by atoms with Crippen LogP contribution in [0.3, 0.4) is 0 Å². The summed E-state index contributed by atoms with van der Waals surface area (Å²) in [6.45, 7) is 2.44. The molecule has 0 aliphatic heterocycles. The summed E-state index contributed by atoms with van der Waals surface area (Å²) in [6, 6.07) is 4.99. The largest absolute Gasteiger partial charge is 0.395 e. The number of aryl methyl sites for hydroxylation is 1. The number of nitrogens with two attached hydrogens (primary N) is 1. The highest BCUT2D eigenvalue weighted by Crippen LogP contribution is 2.11. The average Bonchev–Trinajstić information content (AvgIpc) is 2.44. The SMILES string of the molecule is CCc1ccc(F)c(CN/C(COC)=C(\N)C=O)c1. The molecule has 3 N–H and O–H groups in total. The molecule has 1 aromatic carbocycles. The van der Waals surface area contributed by atoms with Gasteiger partial charge in [-0.15, -0.1) is 0 Å². The maximum Gasteiger partial charge on any atom is 0.167 e. The van der Waals surface area contributed by atoms with E-state index in [1.165, 1.54) is 13.2 Å². The Morgan fingerprint density at radius 3 is 2.84 bits per heavy atom. The van der Waals surface area contributed by atoms with E-state index >= 15 is 0 Å². The van der Waals surface area contributed by atoms with E-state index in [4.69, 9.17) is 10.5 Å². The van der Waals surface area contributed by atoms with Crippen molar-refractivity contribution < 1.29 is 13.9 Å². The van der Waals surface area contributed by atoms with Crippen LogP contribution in [0.5, 0.6) is 0 Å². The molecule has 0 saturated heterocycles. The summed E-state index contributed by atoms with van der Waals surface area (Å²) >= 11 is 0. The van der Waals surface area contributed by atoms with Crippen LogP contribution in [0.15, 0.2) is 29.6 Å². The van der Waals surface area contributed by atoms with E-state index < -0.39 is 0 Å². The summed E-state index contributed by atoms with van der Waals surface area (Å²) in [5.74, 6) is -0.286. The van der Waals surface area contributed by atoms with Gasteiger partial charge >= 0.3 is 0 Å². The van der Waals surface area contributed by atoms with Crippen molar-refractivity contribution in [2.75, 3.05) is 13.7 Å². The van der Waals surface area contributed by atoms with Gasteiger partial charge in [0.05, 0.1) is 18.0 Å². The van der Waals surface area contributed by atoms with Gasteiger partial charge in [0.2, 0.25) is 0 Å². The summed E-state index contributed by atoms with van der Waals surface area (Å²) in [5, 5.41) is 2.94. The van der Waals surface area contributed by atoms with E-state index in [2.05, 4.69) is 5.32 Å². The lowest BCUT2D eigenvalue weighted by Gasteiger charge is -2.12. The van der Waals surface area contributed by atoms with Gasteiger partial charge in [-0.05, 0) is 18.1 Å². The first kappa shape index (κ1) is 15.2. The van der Waals surface area contributed by atoms with Crippen molar-refractivity contribution >= 4 is 6.29 Å². The van der Waals surface area contributed by atoms with Crippen molar-refractivity contribution in [3.63, 3.8) is 0 Å². The van der Waals surface area contributed by atoms with Crippen LogP contribution in [-0.2, 0) is 22.5 Å². The Morgan fingerprint density at radius 2 is 2.26 bits per heavy atom. The summed E-state index contributed by atoms with van der Waals surface area (Å²) in [4.78, 5) is 10.6. The number of carbonyl (C=O) groups is 1. The Kier molecular flexibility index (Phi) is 6.02. The molecule has 5 heteroatoms. The first-order valence-corrected chi connectivity index (χ1v) is 6.06. The van der Waals surface area contributed by atoms with Gasteiger partial charge in [0.25, 0.3) is 0 Å². The van der Waals surface area contributed by atoms with E-state index in [9.17, 15) is 9.18 Å². The molecule has 0 aromatic heterocycles. The maximum atomic E-state index is 13.6. The third kappa shape index (κ3) is 4.37. The maximum absolute atomic E-state index is 13.6. The Balaban J connectivity index is 2.82. The second-order valence-corrected chi connectivity index (χ2v) is 4.12. The minimum absolute atomic E-state index is 0.0638. The van der Waals surface area contributed by atoms with Gasteiger partial charge in [0, 0.05) is 19.2 Å². The van der Waals surface area contributed by atoms with Crippen molar-refractivity contribution in [2.45, 2.75) is 19.9 Å². The molecule has 0 radical (unpaired) electrons. The number of aldehydes is 1. The molecule has 0 spiro atoms. The van der Waals surface area contributed by atoms with Gasteiger partial charge in [0.1, 0.15) is 5.82 Å². The van der Waals surface area contributed by atoms with Crippen LogP contribution in [0.25, 0.3) is 0 Å².